The van der Waals surface area contributed by atoms with Crippen molar-refractivity contribution < 1.29 is 7.48 Å². The Morgan fingerprint density at radius 1 is 0.542 bits per heavy atom. The summed E-state index contributed by atoms with van der Waals surface area (Å²) >= 11 is 0. The van der Waals surface area contributed by atoms with Crippen LogP contribution in [0, 0.1) is 0 Å². The Labute approximate surface area is 350 Å². The van der Waals surface area contributed by atoms with Gasteiger partial charge in [-0.3, -0.25) is 8.97 Å². The highest BCUT2D eigenvalue weighted by atomic mass is 28.3. The number of fused-ring (bicyclic) bond motifs is 7. The van der Waals surface area contributed by atoms with E-state index in [9.17, 15) is 2.74 Å². The Kier molecular flexibility index (Phi) is 7.72. The molecule has 3 aliphatic rings. The molecule has 6 heteroatoms. The van der Waals surface area contributed by atoms with Crippen LogP contribution in [-0.2, 0) is 0 Å². The topological polar surface area (TPSA) is 31.5 Å². The molecule has 2 aliphatic carbocycles. The molecule has 0 saturated heterocycles. The number of benzene rings is 7. The molecule has 12 rings (SSSR count). The quantitative estimate of drug-likeness (QED) is 0.119. The van der Waals surface area contributed by atoms with Gasteiger partial charge in [0.1, 0.15) is 19.6 Å². The molecule has 0 spiro atoms. The third kappa shape index (κ3) is 5.03. The van der Waals surface area contributed by atoms with Gasteiger partial charge in [-0.2, -0.15) is 0 Å². The second-order valence-corrected chi connectivity index (χ2v) is 24.5. The summed E-state index contributed by atoms with van der Waals surface area (Å²) < 4.78 is 33.6. The molecule has 0 amide bonds. The number of nitrogens with zero attached hydrogens (tertiary/aromatic N) is 3. The maximum absolute atomic E-state index is 10.8. The SMILES string of the molecule is [2H]C1([Si]2(C3([2H])CCCC3)c3ccccc3Oc3c([Si](c4ccccc4)(c4ccccc4)c4cccc(-n5c6ccccc6n6c7ccccc7nc56)c4)cccc32)CCCC1. The fourth-order valence-corrected chi connectivity index (χ4v) is 22.8. The van der Waals surface area contributed by atoms with Gasteiger partial charge in [0, 0.05) is 8.43 Å². The minimum Gasteiger partial charge on any atom is -0.458 e. The summed E-state index contributed by atoms with van der Waals surface area (Å²) in [6, 6.07) is 64.0. The van der Waals surface area contributed by atoms with Crippen molar-refractivity contribution in [1.82, 2.24) is 14.0 Å². The number of rotatable bonds is 7. The minimum atomic E-state index is -3.27. The highest BCUT2D eigenvalue weighted by molar-refractivity contribution is 7.20. The van der Waals surface area contributed by atoms with E-state index in [4.69, 9.17) is 9.72 Å². The zero-order chi connectivity index (χ0) is 40.8. The summed E-state index contributed by atoms with van der Waals surface area (Å²) in [4.78, 5) is 5.26. The van der Waals surface area contributed by atoms with Crippen LogP contribution in [0.25, 0.3) is 33.5 Å². The molecule has 7 aromatic carbocycles. The molecule has 0 N–H and O–H groups in total. The predicted molar refractivity (Wildman–Crippen MR) is 249 cm³/mol. The van der Waals surface area contributed by atoms with Gasteiger partial charge in [-0.25, -0.2) is 4.98 Å². The van der Waals surface area contributed by atoms with Crippen molar-refractivity contribution in [3.05, 3.63) is 176 Å². The molecule has 1 aliphatic heterocycles. The zero-order valence-corrected chi connectivity index (χ0v) is 35.1. The molecule has 0 bridgehead atoms. The van der Waals surface area contributed by atoms with Gasteiger partial charge in [0.05, 0.1) is 22.1 Å². The molecule has 2 fully saturated rings. The monoisotopic (exact) mass is 799 g/mol. The van der Waals surface area contributed by atoms with Crippen LogP contribution in [0.3, 0.4) is 0 Å². The zero-order valence-electron chi connectivity index (χ0n) is 35.1. The van der Waals surface area contributed by atoms with Crippen LogP contribution in [-0.4, -0.2) is 30.1 Å². The normalized spacial score (nSPS) is 18.3. The summed E-state index contributed by atoms with van der Waals surface area (Å²) in [7, 11) is -6.50. The standard InChI is InChI=1S/C53H47N3OSi2/c1-3-20-39(21-4-1)58(40-22-5-2-6-23-40,43-28-17-19-38(37-43)55-46-31-13-14-32-47(46)56-45-30-12-11-29-44(45)54-53(55)56)50-35-18-36-51-52(50)57-48-33-15-16-34-49(48)59(51,41-24-7-8-25-41)42-26-9-10-27-42/h1-6,11-23,28-37,41-42H,7-10,24-27H2/i41D,42D. The van der Waals surface area contributed by atoms with Crippen molar-refractivity contribution in [3.63, 3.8) is 0 Å². The molecular weight excluding hydrogens is 751 g/mol. The number of hydrogen-bond donors (Lipinski definition) is 0. The van der Waals surface area contributed by atoms with Crippen molar-refractivity contribution in [3.8, 4) is 17.2 Å². The maximum Gasteiger partial charge on any atom is 0.220 e. The molecule has 2 aromatic heterocycles. The number of hydrogen-bond acceptors (Lipinski definition) is 2. The van der Waals surface area contributed by atoms with Crippen LogP contribution in [0.15, 0.2) is 176 Å². The van der Waals surface area contributed by atoms with Crippen LogP contribution < -0.4 is 35.9 Å². The van der Waals surface area contributed by atoms with Crippen molar-refractivity contribution in [1.29, 1.82) is 0 Å². The van der Waals surface area contributed by atoms with Gasteiger partial charge >= 0.3 is 0 Å². The largest absolute Gasteiger partial charge is 0.458 e. The van der Waals surface area contributed by atoms with E-state index in [2.05, 4.69) is 185 Å². The highest BCUT2D eigenvalue weighted by Gasteiger charge is 2.57. The van der Waals surface area contributed by atoms with E-state index >= 15 is 0 Å². The molecule has 4 nitrogen and oxygen atoms in total. The lowest BCUT2D eigenvalue weighted by Crippen LogP contribution is -2.76. The predicted octanol–water partition coefficient (Wildman–Crippen LogP) is 9.37. The fraction of sp³-hybridized carbons (Fsp3) is 0.189. The Morgan fingerprint density at radius 3 is 1.81 bits per heavy atom. The van der Waals surface area contributed by atoms with Gasteiger partial charge in [-0.15, -0.1) is 0 Å². The maximum atomic E-state index is 10.8. The molecular formula is C53H47N3OSi2. The van der Waals surface area contributed by atoms with E-state index in [1.54, 1.807) is 0 Å². The van der Waals surface area contributed by atoms with Gasteiger partial charge in [0.25, 0.3) is 0 Å². The third-order valence-corrected chi connectivity index (χ3v) is 24.2. The first-order chi connectivity index (χ1) is 30.0. The molecule has 0 atom stereocenters. The minimum absolute atomic E-state index is 0.718. The van der Waals surface area contributed by atoms with Crippen LogP contribution >= 0.6 is 0 Å². The van der Waals surface area contributed by atoms with Crippen molar-refractivity contribution in [2.45, 2.75) is 62.4 Å². The summed E-state index contributed by atoms with van der Waals surface area (Å²) in [5, 5.41) is 7.28. The Bertz CT molecular complexity index is 3070. The first-order valence-corrected chi connectivity index (χ1v) is 25.5. The van der Waals surface area contributed by atoms with Crippen molar-refractivity contribution in [2.75, 3.05) is 0 Å². The van der Waals surface area contributed by atoms with Crippen molar-refractivity contribution in [2.24, 2.45) is 0 Å². The van der Waals surface area contributed by atoms with Gasteiger partial charge in [0.2, 0.25) is 5.78 Å². The van der Waals surface area contributed by atoms with Crippen LogP contribution in [0.2, 0.25) is 11.0 Å². The number of ether oxygens (including phenoxy) is 1. The summed E-state index contributed by atoms with van der Waals surface area (Å²) in [5.41, 5.74) is 3.89. The van der Waals surface area contributed by atoms with E-state index in [0.717, 1.165) is 102 Å². The second-order valence-electron chi connectivity index (χ2n) is 16.7. The lowest BCUT2D eigenvalue weighted by Gasteiger charge is -2.48. The van der Waals surface area contributed by atoms with Gasteiger partial charge in [-0.1, -0.05) is 185 Å². The van der Waals surface area contributed by atoms with Gasteiger partial charge < -0.3 is 4.74 Å². The fourth-order valence-electron chi connectivity index (χ4n) is 11.5. The molecule has 3 heterocycles. The lowest BCUT2D eigenvalue weighted by atomic mass is 10.2. The Morgan fingerprint density at radius 2 is 1.10 bits per heavy atom. The smallest absolute Gasteiger partial charge is 0.220 e. The number of aromatic nitrogens is 3. The molecule has 9 aromatic rings. The van der Waals surface area contributed by atoms with E-state index in [0.29, 0.717) is 0 Å². The Balaban J connectivity index is 1.20. The van der Waals surface area contributed by atoms with E-state index < -0.39 is 27.2 Å². The average molecular weight is 800 g/mol. The second kappa shape index (κ2) is 13.8. The van der Waals surface area contributed by atoms with E-state index in [1.807, 2.05) is 0 Å². The molecule has 288 valence electrons. The van der Waals surface area contributed by atoms with Crippen LogP contribution in [0.5, 0.6) is 11.5 Å². The lowest BCUT2D eigenvalue weighted by molar-refractivity contribution is 0.488. The average Bonchev–Trinajstić information content (AvgIpc) is 4.11. The van der Waals surface area contributed by atoms with Crippen LogP contribution in [0.4, 0.5) is 0 Å². The molecule has 59 heavy (non-hydrogen) atoms. The summed E-state index contributed by atoms with van der Waals surface area (Å²) in [5.74, 6) is 2.65. The first-order valence-electron chi connectivity index (χ1n) is 22.5. The van der Waals surface area contributed by atoms with Crippen LogP contribution in [0.1, 0.15) is 54.1 Å². The molecule has 2 saturated carbocycles. The number of para-hydroxylation sites is 6. The molecule has 0 unspecified atom stereocenters. The van der Waals surface area contributed by atoms with Gasteiger partial charge in [0.15, 0.2) is 8.07 Å². The van der Waals surface area contributed by atoms with E-state index in [-0.39, 0.29) is 0 Å². The summed E-state index contributed by atoms with van der Waals surface area (Å²) in [6.45, 7) is 0. The van der Waals surface area contributed by atoms with Crippen molar-refractivity contribution >= 4 is 75.1 Å². The molecule has 0 radical (unpaired) electrons. The highest BCUT2D eigenvalue weighted by Crippen LogP contribution is 2.52. The third-order valence-electron chi connectivity index (χ3n) is 13.9. The summed E-state index contributed by atoms with van der Waals surface area (Å²) in [6.07, 6.45) is 7.50. The van der Waals surface area contributed by atoms with E-state index in [1.165, 1.54) is 25.9 Å². The van der Waals surface area contributed by atoms with Gasteiger partial charge in [-0.05, 0) is 84.6 Å². The first kappa shape index (κ1) is 32.9. The Hall–Kier alpha value is -5.96. The number of imidazole rings is 2.